The average Bonchev–Trinajstić information content (AvgIpc) is 4.07. The Bertz CT molecular complexity index is 2810. The van der Waals surface area contributed by atoms with Crippen LogP contribution in [0.1, 0.15) is 168 Å². The standard InChI is InChI=1S/C24H26N.C22H22N.C13H21F3O2.Ir/c1-16(2)21-12-17(3)13-22(15-21)24-23-9-8-19(18-6-4-5-7-18)14-20(23)10-11-25-24;1-15-11-16(2)13-20(12-15)22-21-8-7-18(17-5-3-4-6-17)14-19(21)9-10-23-22;1-4-9(5-2)11(17)7-12(18)10(6-3)8-13(14,15)16;/h8-12,14-16,18H,4-7H2,1-3H3;7-12,14,17H,3-6H2,1-2H3;7,9-10,18H,4-6,8H2,1-3H3;/q2*-1;;/b;;12-7-;/i10D,11D;9D,10D;;. The van der Waals surface area contributed by atoms with Crippen molar-refractivity contribution in [3.8, 4) is 22.5 Å². The van der Waals surface area contributed by atoms with E-state index in [0.717, 1.165) is 66.8 Å². The van der Waals surface area contributed by atoms with Crippen LogP contribution in [-0.2, 0) is 24.9 Å². The first-order valence-corrected chi connectivity index (χ1v) is 24.1. The fourth-order valence-electron chi connectivity index (χ4n) is 9.63. The zero-order valence-electron chi connectivity index (χ0n) is 44.4. The number of pyridine rings is 2. The summed E-state index contributed by atoms with van der Waals surface area (Å²) in [6.45, 7) is 15.7. The Kier molecular flexibility index (Phi) is 17.4. The van der Waals surface area contributed by atoms with E-state index < -0.39 is 24.3 Å². The van der Waals surface area contributed by atoms with Crippen LogP contribution in [0, 0.1) is 44.7 Å². The number of carbonyl (C=O) groups is 1. The quantitative estimate of drug-likeness (QED) is 0.0753. The molecular formula is C59H69F3IrN2O2-2. The van der Waals surface area contributed by atoms with Gasteiger partial charge in [0, 0.05) is 50.4 Å². The van der Waals surface area contributed by atoms with Gasteiger partial charge in [-0.3, -0.25) is 4.79 Å². The van der Waals surface area contributed by atoms with E-state index in [1.165, 1.54) is 68.1 Å². The van der Waals surface area contributed by atoms with Crippen LogP contribution in [0.2, 0.25) is 0 Å². The summed E-state index contributed by atoms with van der Waals surface area (Å²) in [7, 11) is 0. The number of halogens is 3. The number of benzene rings is 4. The zero-order valence-corrected chi connectivity index (χ0v) is 42.8. The van der Waals surface area contributed by atoms with Gasteiger partial charge in [-0.05, 0) is 119 Å². The molecule has 1 radical (unpaired) electrons. The Morgan fingerprint density at radius 1 is 0.731 bits per heavy atom. The molecular weight excluding hydrogens is 1020 g/mol. The van der Waals surface area contributed by atoms with E-state index in [1.54, 1.807) is 6.92 Å². The third kappa shape index (κ3) is 14.4. The number of aromatic nitrogens is 2. The number of rotatable bonds is 12. The molecule has 0 spiro atoms. The number of aliphatic hydroxyl groups is 1. The Morgan fingerprint density at radius 3 is 1.63 bits per heavy atom. The van der Waals surface area contributed by atoms with Crippen molar-refractivity contribution >= 4 is 27.3 Å². The van der Waals surface area contributed by atoms with Crippen LogP contribution in [0.3, 0.4) is 0 Å². The maximum Gasteiger partial charge on any atom is 0.389 e. The molecule has 2 saturated carbocycles. The van der Waals surface area contributed by atoms with E-state index in [1.807, 2.05) is 20.8 Å². The summed E-state index contributed by atoms with van der Waals surface area (Å²) < 4.78 is 69.9. The number of allylic oxidation sites excluding steroid dienone is 2. The second-order valence-corrected chi connectivity index (χ2v) is 18.8. The largest absolute Gasteiger partial charge is 0.512 e. The summed E-state index contributed by atoms with van der Waals surface area (Å²) in [4.78, 5) is 20.6. The second-order valence-electron chi connectivity index (χ2n) is 18.8. The fourth-order valence-corrected chi connectivity index (χ4v) is 9.63. The molecule has 2 aliphatic carbocycles. The van der Waals surface area contributed by atoms with Crippen LogP contribution in [0.25, 0.3) is 44.1 Å². The molecule has 1 unspecified atom stereocenters. The van der Waals surface area contributed by atoms with Gasteiger partial charge >= 0.3 is 6.18 Å². The van der Waals surface area contributed by atoms with Crippen molar-refractivity contribution in [2.45, 2.75) is 156 Å². The van der Waals surface area contributed by atoms with E-state index in [0.29, 0.717) is 30.6 Å². The molecule has 2 aromatic heterocycles. The summed E-state index contributed by atoms with van der Waals surface area (Å²) in [5.41, 5.74) is 10.5. The Labute approximate surface area is 417 Å². The van der Waals surface area contributed by atoms with Crippen LogP contribution in [0.5, 0.6) is 0 Å². The summed E-state index contributed by atoms with van der Waals surface area (Å²) in [5, 5.41) is 13.2. The first-order chi connectivity index (χ1) is 33.2. The fraction of sp³-hybridized carbons (Fsp3) is 0.441. The summed E-state index contributed by atoms with van der Waals surface area (Å²) in [6, 6.07) is 28.5. The molecule has 6 aromatic rings. The average molecular weight is 1090 g/mol. The monoisotopic (exact) mass is 1090 g/mol. The smallest absolute Gasteiger partial charge is 0.389 e. The van der Waals surface area contributed by atoms with Gasteiger partial charge in [0.2, 0.25) is 0 Å². The van der Waals surface area contributed by atoms with E-state index in [4.69, 9.17) is 5.48 Å². The minimum absolute atomic E-state index is 0. The summed E-state index contributed by atoms with van der Waals surface area (Å²) in [5.74, 6) is -0.382. The van der Waals surface area contributed by atoms with Gasteiger partial charge in [-0.2, -0.15) is 13.2 Å². The number of hydrogen-bond donors (Lipinski definition) is 1. The number of nitrogens with zero attached hydrogens (tertiary/aromatic N) is 2. The predicted octanol–water partition coefficient (Wildman–Crippen LogP) is 17.2. The van der Waals surface area contributed by atoms with Crippen molar-refractivity contribution in [3.63, 3.8) is 0 Å². The molecule has 359 valence electrons. The van der Waals surface area contributed by atoms with Crippen molar-refractivity contribution in [1.82, 2.24) is 9.97 Å². The number of aliphatic hydroxyl groups excluding tert-OH is 1. The van der Waals surface area contributed by atoms with Crippen LogP contribution in [-0.4, -0.2) is 27.0 Å². The van der Waals surface area contributed by atoms with Gasteiger partial charge in [-0.25, -0.2) is 0 Å². The number of carbonyl (C=O) groups excluding carboxylic acids is 1. The topological polar surface area (TPSA) is 63.1 Å². The van der Waals surface area contributed by atoms with E-state index in [9.17, 15) is 23.1 Å². The molecule has 8 heteroatoms. The molecule has 2 fully saturated rings. The summed E-state index contributed by atoms with van der Waals surface area (Å²) in [6.07, 6.45) is 7.10. The van der Waals surface area contributed by atoms with Gasteiger partial charge in [-0.15, -0.1) is 69.8 Å². The molecule has 0 saturated heterocycles. The normalized spacial score (nSPS) is 15.9. The van der Waals surface area contributed by atoms with Crippen molar-refractivity contribution < 1.29 is 48.7 Å². The van der Waals surface area contributed by atoms with Gasteiger partial charge in [-0.1, -0.05) is 117 Å². The van der Waals surface area contributed by atoms with Crippen molar-refractivity contribution in [2.24, 2.45) is 11.8 Å². The molecule has 0 amide bonds. The first-order valence-electron chi connectivity index (χ1n) is 26.1. The molecule has 1 N–H and O–H groups in total. The molecule has 2 aliphatic rings. The minimum atomic E-state index is -4.33. The SMILES string of the molecule is CCC(CC)C(=O)/C=C(\O)C(CC)CC(F)(F)F.[2H]c1nc(-c2[c-]c(C)cc(C(C)C)c2)c2ccc(C3CCCC3)cc2c1[2H].[2H]c1nc(-c2[c-]c(C)cc(C)c2)c2ccc(C3CCCC3)cc2c1[2H].[Ir]. The van der Waals surface area contributed by atoms with Gasteiger partial charge in [0.05, 0.1) is 17.7 Å². The Balaban J connectivity index is 0.000000201. The Morgan fingerprint density at radius 2 is 1.19 bits per heavy atom. The van der Waals surface area contributed by atoms with Gasteiger partial charge in [0.25, 0.3) is 0 Å². The zero-order chi connectivity index (χ0) is 51.0. The van der Waals surface area contributed by atoms with E-state index in [-0.39, 0.29) is 62.7 Å². The number of aryl methyl sites for hydroxylation is 3. The molecule has 8 rings (SSSR count). The maximum atomic E-state index is 12.3. The van der Waals surface area contributed by atoms with Crippen LogP contribution >= 0.6 is 0 Å². The molecule has 0 aliphatic heterocycles. The van der Waals surface area contributed by atoms with Gasteiger partial charge < -0.3 is 15.1 Å². The maximum absolute atomic E-state index is 12.3. The van der Waals surface area contributed by atoms with Crippen LogP contribution in [0.15, 0.2) is 96.9 Å². The number of ketones is 1. The van der Waals surface area contributed by atoms with E-state index in [2.05, 4.69) is 110 Å². The third-order valence-corrected chi connectivity index (χ3v) is 13.4. The van der Waals surface area contributed by atoms with Gasteiger partial charge in [0.1, 0.15) is 0 Å². The molecule has 2 heterocycles. The molecule has 4 aromatic carbocycles. The minimum Gasteiger partial charge on any atom is -0.512 e. The van der Waals surface area contributed by atoms with Crippen molar-refractivity contribution in [2.75, 3.05) is 0 Å². The summed E-state index contributed by atoms with van der Waals surface area (Å²) >= 11 is 0. The van der Waals surface area contributed by atoms with Crippen molar-refractivity contribution in [3.05, 3.63) is 142 Å². The molecule has 1 atom stereocenters. The third-order valence-electron chi connectivity index (χ3n) is 13.4. The van der Waals surface area contributed by atoms with Crippen LogP contribution in [0.4, 0.5) is 13.2 Å². The first kappa shape index (κ1) is 47.4. The Hall–Kier alpha value is -4.65. The number of hydrogen-bond acceptors (Lipinski definition) is 4. The van der Waals surface area contributed by atoms with Crippen molar-refractivity contribution in [1.29, 1.82) is 0 Å². The number of alkyl halides is 3. The molecule has 0 bridgehead atoms. The predicted molar refractivity (Wildman–Crippen MR) is 267 cm³/mol. The molecule has 4 nitrogen and oxygen atoms in total. The second kappa shape index (κ2) is 24.6. The van der Waals surface area contributed by atoms with Gasteiger partial charge in [0.15, 0.2) is 5.78 Å². The molecule has 67 heavy (non-hydrogen) atoms. The van der Waals surface area contributed by atoms with E-state index >= 15 is 0 Å². The van der Waals surface area contributed by atoms with Crippen LogP contribution < -0.4 is 0 Å². The number of fused-ring (bicyclic) bond motifs is 2.